The number of likely N-dealkylation sites (tertiary alicyclic amines) is 1. The van der Waals surface area contributed by atoms with E-state index in [4.69, 9.17) is 15.6 Å². The minimum absolute atomic E-state index is 0.0133. The summed E-state index contributed by atoms with van der Waals surface area (Å²) in [5, 5.41) is 7.77. The van der Waals surface area contributed by atoms with E-state index in [0.29, 0.717) is 18.1 Å². The smallest absolute Gasteiger partial charge is 0.317 e. The molecule has 0 aromatic carbocycles. The number of ether oxygens (including phenoxy) is 1. The zero-order chi connectivity index (χ0) is 23.9. The molecule has 1 spiro atoms. The van der Waals surface area contributed by atoms with Crippen molar-refractivity contribution in [2.24, 2.45) is 0 Å². The molecule has 0 bridgehead atoms. The Hall–Kier alpha value is -3.62. The average molecular weight is 462 g/mol. The van der Waals surface area contributed by atoms with Gasteiger partial charge in [-0.25, -0.2) is 9.78 Å². The molecule has 1 fully saturated rings. The van der Waals surface area contributed by atoms with Crippen LogP contribution in [0.5, 0.6) is 5.75 Å². The van der Waals surface area contributed by atoms with Crippen molar-refractivity contribution in [1.82, 2.24) is 30.0 Å². The molecule has 2 atom stereocenters. The van der Waals surface area contributed by atoms with Crippen LogP contribution in [0.2, 0.25) is 0 Å². The van der Waals surface area contributed by atoms with Crippen molar-refractivity contribution in [2.45, 2.75) is 51.7 Å². The number of amides is 2. The van der Waals surface area contributed by atoms with Crippen LogP contribution in [0.3, 0.4) is 0 Å². The van der Waals surface area contributed by atoms with Crippen LogP contribution >= 0.6 is 0 Å². The molecule has 2 amide bonds. The summed E-state index contributed by atoms with van der Waals surface area (Å²) in [6.07, 6.45) is 5.18. The SMILES string of the molecule is CCNC(=O)N1CC[C@@]2(CCn3nc(-c4cnc(N)c(OC(C)c5ncccc5C)c4)cc32)C1. The Morgan fingerprint density at radius 2 is 2.12 bits per heavy atom. The normalized spacial score (nSPS) is 19.9. The summed E-state index contributed by atoms with van der Waals surface area (Å²) in [6, 6.07) is 7.97. The molecule has 3 aromatic heterocycles. The van der Waals surface area contributed by atoms with Crippen molar-refractivity contribution in [2.75, 3.05) is 25.4 Å². The van der Waals surface area contributed by atoms with Gasteiger partial charge in [0, 0.05) is 55.2 Å². The van der Waals surface area contributed by atoms with Crippen LogP contribution in [0, 0.1) is 6.92 Å². The molecule has 9 nitrogen and oxygen atoms in total. The van der Waals surface area contributed by atoms with Crippen LogP contribution < -0.4 is 15.8 Å². The number of aromatic nitrogens is 4. The number of hydrogen-bond acceptors (Lipinski definition) is 6. The lowest BCUT2D eigenvalue weighted by Crippen LogP contribution is -2.40. The Labute approximate surface area is 199 Å². The van der Waals surface area contributed by atoms with Gasteiger partial charge in [0.2, 0.25) is 0 Å². The second kappa shape index (κ2) is 8.62. The number of aryl methyl sites for hydroxylation is 2. The van der Waals surface area contributed by atoms with Crippen molar-refractivity contribution < 1.29 is 9.53 Å². The Morgan fingerprint density at radius 3 is 2.91 bits per heavy atom. The van der Waals surface area contributed by atoms with Crippen molar-refractivity contribution in [3.63, 3.8) is 0 Å². The van der Waals surface area contributed by atoms with E-state index in [1.165, 1.54) is 5.69 Å². The minimum Gasteiger partial charge on any atom is -0.481 e. The number of rotatable bonds is 5. The van der Waals surface area contributed by atoms with Crippen LogP contribution in [-0.2, 0) is 12.0 Å². The van der Waals surface area contributed by atoms with E-state index in [2.05, 4.69) is 26.0 Å². The van der Waals surface area contributed by atoms with E-state index in [0.717, 1.165) is 55.0 Å². The number of hydrogen-bond donors (Lipinski definition) is 2. The second-order valence-electron chi connectivity index (χ2n) is 9.25. The monoisotopic (exact) mass is 461 g/mol. The average Bonchev–Trinajstić information content (AvgIpc) is 3.53. The maximum atomic E-state index is 12.4. The summed E-state index contributed by atoms with van der Waals surface area (Å²) in [7, 11) is 0. The lowest BCUT2D eigenvalue weighted by Gasteiger charge is -2.23. The van der Waals surface area contributed by atoms with Crippen molar-refractivity contribution in [3.8, 4) is 17.0 Å². The number of nitrogens with two attached hydrogens (primary N) is 1. The predicted molar refractivity (Wildman–Crippen MR) is 129 cm³/mol. The third kappa shape index (κ3) is 3.85. The number of nitrogens with one attached hydrogen (secondary N) is 1. The maximum absolute atomic E-state index is 12.4. The first kappa shape index (κ1) is 22.2. The molecule has 0 radical (unpaired) electrons. The highest BCUT2D eigenvalue weighted by molar-refractivity contribution is 5.75. The van der Waals surface area contributed by atoms with Gasteiger partial charge in [0.05, 0.1) is 11.4 Å². The molecule has 1 saturated heterocycles. The van der Waals surface area contributed by atoms with Crippen molar-refractivity contribution in [1.29, 1.82) is 0 Å². The number of carbonyl (C=O) groups excluding carboxylic acids is 1. The molecule has 2 aliphatic rings. The zero-order valence-corrected chi connectivity index (χ0v) is 19.9. The predicted octanol–water partition coefficient (Wildman–Crippen LogP) is 3.45. The molecule has 3 N–H and O–H groups in total. The number of urea groups is 1. The quantitative estimate of drug-likeness (QED) is 0.602. The van der Waals surface area contributed by atoms with Gasteiger partial charge in [-0.05, 0) is 57.4 Å². The Bertz CT molecular complexity index is 1220. The summed E-state index contributed by atoms with van der Waals surface area (Å²) in [4.78, 5) is 23.1. The van der Waals surface area contributed by atoms with Gasteiger partial charge in [0.1, 0.15) is 6.10 Å². The summed E-state index contributed by atoms with van der Waals surface area (Å²) in [5.41, 5.74) is 10.9. The van der Waals surface area contributed by atoms with Gasteiger partial charge >= 0.3 is 6.03 Å². The van der Waals surface area contributed by atoms with Crippen molar-refractivity contribution >= 4 is 11.8 Å². The lowest BCUT2D eigenvalue weighted by molar-refractivity contribution is 0.206. The third-order valence-corrected chi connectivity index (χ3v) is 7.01. The van der Waals surface area contributed by atoms with Crippen LogP contribution in [-0.4, -0.2) is 50.3 Å². The summed E-state index contributed by atoms with van der Waals surface area (Å²) in [6.45, 7) is 8.88. The number of nitrogens with zero attached hydrogens (tertiary/aromatic N) is 5. The lowest BCUT2D eigenvalue weighted by atomic mass is 9.82. The van der Waals surface area contributed by atoms with Gasteiger partial charge in [-0.2, -0.15) is 5.10 Å². The Morgan fingerprint density at radius 1 is 1.29 bits per heavy atom. The minimum atomic E-state index is -0.269. The van der Waals surface area contributed by atoms with Crippen LogP contribution in [0.25, 0.3) is 11.3 Å². The van der Waals surface area contributed by atoms with Crippen LogP contribution in [0.4, 0.5) is 10.6 Å². The Balaban J connectivity index is 1.39. The fourth-order valence-electron chi connectivity index (χ4n) is 5.18. The first-order valence-corrected chi connectivity index (χ1v) is 11.9. The van der Waals surface area contributed by atoms with Crippen LogP contribution in [0.15, 0.2) is 36.7 Å². The molecule has 34 heavy (non-hydrogen) atoms. The van der Waals surface area contributed by atoms with E-state index in [9.17, 15) is 4.79 Å². The number of fused-ring (bicyclic) bond motifs is 2. The van der Waals surface area contributed by atoms with Gasteiger partial charge in [0.15, 0.2) is 11.6 Å². The third-order valence-electron chi connectivity index (χ3n) is 7.01. The summed E-state index contributed by atoms with van der Waals surface area (Å²) >= 11 is 0. The van der Waals surface area contributed by atoms with Gasteiger partial charge in [0.25, 0.3) is 0 Å². The molecule has 5 rings (SSSR count). The Kier molecular flexibility index (Phi) is 5.63. The first-order valence-electron chi connectivity index (χ1n) is 11.9. The zero-order valence-electron chi connectivity index (χ0n) is 19.9. The standard InChI is InChI=1S/C25H31N7O2/c1-4-27-24(33)31-10-7-25(15-31)8-11-32-21(25)13-19(30-32)18-12-20(23(26)29-14-18)34-17(3)22-16(2)6-5-9-28-22/h5-6,9,12-14,17H,4,7-8,10-11,15H2,1-3H3,(H2,26,29)(H,27,33)/t17?,25-/m1/s1. The highest BCUT2D eigenvalue weighted by Gasteiger charge is 2.46. The number of carbonyl (C=O) groups is 1. The maximum Gasteiger partial charge on any atom is 0.317 e. The van der Waals surface area contributed by atoms with E-state index >= 15 is 0 Å². The van der Waals surface area contributed by atoms with E-state index in [1.54, 1.807) is 12.4 Å². The highest BCUT2D eigenvalue weighted by Crippen LogP contribution is 2.44. The number of pyridine rings is 2. The topological polar surface area (TPSA) is 111 Å². The summed E-state index contributed by atoms with van der Waals surface area (Å²) < 4.78 is 8.25. The van der Waals surface area contributed by atoms with E-state index in [-0.39, 0.29) is 17.6 Å². The summed E-state index contributed by atoms with van der Waals surface area (Å²) in [5.74, 6) is 0.849. The van der Waals surface area contributed by atoms with E-state index < -0.39 is 0 Å². The number of anilines is 1. The molecule has 178 valence electrons. The molecule has 9 heteroatoms. The molecule has 0 saturated carbocycles. The van der Waals surface area contributed by atoms with Gasteiger partial charge in [-0.1, -0.05) is 6.07 Å². The van der Waals surface area contributed by atoms with Gasteiger partial charge in [-0.15, -0.1) is 0 Å². The molecule has 3 aromatic rings. The van der Waals surface area contributed by atoms with E-state index in [1.807, 2.05) is 43.9 Å². The van der Waals surface area contributed by atoms with Gasteiger partial charge < -0.3 is 20.7 Å². The van der Waals surface area contributed by atoms with Crippen LogP contribution in [0.1, 0.15) is 49.7 Å². The molecular weight excluding hydrogens is 430 g/mol. The van der Waals surface area contributed by atoms with Crippen molar-refractivity contribution in [3.05, 3.63) is 53.6 Å². The molecule has 0 aliphatic carbocycles. The fourth-order valence-corrected chi connectivity index (χ4v) is 5.18. The molecule has 1 unspecified atom stereocenters. The second-order valence-corrected chi connectivity index (χ2v) is 9.25. The highest BCUT2D eigenvalue weighted by atomic mass is 16.5. The first-order chi connectivity index (χ1) is 16.4. The molecule has 5 heterocycles. The fraction of sp³-hybridized carbons (Fsp3) is 0.440. The number of nitrogen functional groups attached to an aromatic ring is 1. The molecule has 2 aliphatic heterocycles. The van der Waals surface area contributed by atoms with Gasteiger partial charge in [-0.3, -0.25) is 9.67 Å². The molecular formula is C25H31N7O2. The largest absolute Gasteiger partial charge is 0.481 e.